The summed E-state index contributed by atoms with van der Waals surface area (Å²) >= 11 is 2.22. The van der Waals surface area contributed by atoms with Crippen LogP contribution in [0.3, 0.4) is 0 Å². The van der Waals surface area contributed by atoms with Crippen LogP contribution in [0.5, 0.6) is 0 Å². The Morgan fingerprint density at radius 3 is 2.89 bits per heavy atom. The second-order valence-electron chi connectivity index (χ2n) is 4.68. The first-order chi connectivity index (χ1) is 9.04. The van der Waals surface area contributed by atoms with Crippen LogP contribution in [0.15, 0.2) is 18.2 Å². The van der Waals surface area contributed by atoms with E-state index in [1.54, 1.807) is 4.90 Å². The Morgan fingerprint density at radius 2 is 2.26 bits per heavy atom. The minimum absolute atomic E-state index is 0.0519. The van der Waals surface area contributed by atoms with Crippen LogP contribution >= 0.6 is 22.6 Å². The maximum absolute atomic E-state index is 12.5. The molecule has 1 heterocycles. The van der Waals surface area contributed by atoms with Crippen molar-refractivity contribution >= 4 is 34.4 Å². The lowest BCUT2D eigenvalue weighted by molar-refractivity contribution is -0.127. The van der Waals surface area contributed by atoms with Gasteiger partial charge in [-0.15, -0.1) is 0 Å². The van der Waals surface area contributed by atoms with Crippen LogP contribution in [0, 0.1) is 10.5 Å². The Morgan fingerprint density at radius 1 is 1.53 bits per heavy atom. The van der Waals surface area contributed by atoms with Gasteiger partial charge in [0.05, 0.1) is 0 Å². The summed E-state index contributed by atoms with van der Waals surface area (Å²) in [6, 6.07) is 5.32. The second-order valence-corrected chi connectivity index (χ2v) is 5.84. The lowest BCUT2D eigenvalue weighted by Gasteiger charge is -2.34. The van der Waals surface area contributed by atoms with Crippen molar-refractivity contribution < 1.29 is 9.59 Å². The maximum Gasteiger partial charge on any atom is 0.254 e. The third-order valence-corrected chi connectivity index (χ3v) is 4.56. The highest BCUT2D eigenvalue weighted by Crippen LogP contribution is 2.18. The van der Waals surface area contributed by atoms with Gasteiger partial charge in [0.25, 0.3) is 5.91 Å². The minimum atomic E-state index is -0.347. The Bertz CT molecular complexity index is 516. The number of aryl methyl sites for hydroxylation is 1. The van der Waals surface area contributed by atoms with Crippen LogP contribution in [0.2, 0.25) is 0 Å². The molecule has 1 aromatic rings. The molecule has 1 fully saturated rings. The Hall–Kier alpha value is -1.11. The summed E-state index contributed by atoms with van der Waals surface area (Å²) < 4.78 is 1.07. The van der Waals surface area contributed by atoms with E-state index in [9.17, 15) is 9.59 Å². The lowest BCUT2D eigenvalue weighted by atomic mass is 10.1. The number of nitrogens with zero attached hydrogens (tertiary/aromatic N) is 1. The number of rotatable bonds is 2. The predicted molar refractivity (Wildman–Crippen MR) is 82.0 cm³/mol. The van der Waals surface area contributed by atoms with Crippen molar-refractivity contribution in [2.24, 2.45) is 0 Å². The summed E-state index contributed by atoms with van der Waals surface area (Å²) in [6.07, 6.45) is 0.639. The third kappa shape index (κ3) is 2.91. The summed E-state index contributed by atoms with van der Waals surface area (Å²) in [5.41, 5.74) is 1.81. The van der Waals surface area contributed by atoms with Gasteiger partial charge in [0, 0.05) is 22.2 Å². The smallest absolute Gasteiger partial charge is 0.254 e. The molecule has 0 saturated carbocycles. The first-order valence-corrected chi connectivity index (χ1v) is 7.47. The molecule has 1 atom stereocenters. The average molecular weight is 372 g/mol. The van der Waals surface area contributed by atoms with Gasteiger partial charge < -0.3 is 10.2 Å². The number of carbonyl (C=O) groups excluding carboxylic acids is 2. The SMILES string of the molecule is CCC1C(=O)NCCN1C(=O)c1ccc(C)c(I)c1. The van der Waals surface area contributed by atoms with Crippen LogP contribution in [-0.4, -0.2) is 35.8 Å². The molecular weight excluding hydrogens is 355 g/mol. The summed E-state index contributed by atoms with van der Waals surface area (Å²) in [5.74, 6) is -0.108. The normalized spacial score (nSPS) is 19.2. The summed E-state index contributed by atoms with van der Waals surface area (Å²) in [6.45, 7) is 5.05. The number of carbonyl (C=O) groups is 2. The van der Waals surface area contributed by atoms with Crippen molar-refractivity contribution in [2.75, 3.05) is 13.1 Å². The number of hydrogen-bond acceptors (Lipinski definition) is 2. The van der Waals surface area contributed by atoms with E-state index in [4.69, 9.17) is 0 Å². The van der Waals surface area contributed by atoms with E-state index in [-0.39, 0.29) is 17.9 Å². The molecule has 19 heavy (non-hydrogen) atoms. The molecule has 0 aliphatic carbocycles. The van der Waals surface area contributed by atoms with Crippen LogP contribution in [0.25, 0.3) is 0 Å². The van der Waals surface area contributed by atoms with Gasteiger partial charge in [-0.3, -0.25) is 9.59 Å². The number of benzene rings is 1. The standard InChI is InChI=1S/C14H17IN2O2/c1-3-12-13(18)16-6-7-17(12)14(19)10-5-4-9(2)11(15)8-10/h4-5,8,12H,3,6-7H2,1-2H3,(H,16,18). The Labute approximate surface area is 126 Å². The molecule has 1 saturated heterocycles. The zero-order chi connectivity index (χ0) is 14.0. The summed E-state index contributed by atoms with van der Waals surface area (Å²) in [4.78, 5) is 26.0. The quantitative estimate of drug-likeness (QED) is 0.807. The molecule has 0 radical (unpaired) electrons. The van der Waals surface area contributed by atoms with Crippen molar-refractivity contribution in [1.82, 2.24) is 10.2 Å². The molecule has 1 N–H and O–H groups in total. The zero-order valence-corrected chi connectivity index (χ0v) is 13.2. The van der Waals surface area contributed by atoms with Gasteiger partial charge in [0.15, 0.2) is 0 Å². The van der Waals surface area contributed by atoms with E-state index in [0.717, 1.165) is 9.13 Å². The van der Waals surface area contributed by atoms with Gasteiger partial charge in [0.1, 0.15) is 6.04 Å². The Balaban J connectivity index is 2.26. The molecule has 1 aromatic carbocycles. The molecule has 102 valence electrons. The fourth-order valence-corrected chi connectivity index (χ4v) is 2.77. The van der Waals surface area contributed by atoms with Gasteiger partial charge in [0.2, 0.25) is 5.91 Å². The molecule has 2 amide bonds. The van der Waals surface area contributed by atoms with Gasteiger partial charge in [-0.1, -0.05) is 13.0 Å². The van der Waals surface area contributed by atoms with E-state index in [1.807, 2.05) is 32.0 Å². The lowest BCUT2D eigenvalue weighted by Crippen LogP contribution is -2.56. The van der Waals surface area contributed by atoms with Gasteiger partial charge in [-0.25, -0.2) is 0 Å². The fourth-order valence-electron chi connectivity index (χ4n) is 2.26. The molecule has 0 aromatic heterocycles. The van der Waals surface area contributed by atoms with Crippen molar-refractivity contribution in [1.29, 1.82) is 0 Å². The third-order valence-electron chi connectivity index (χ3n) is 3.40. The monoisotopic (exact) mass is 372 g/mol. The average Bonchev–Trinajstić information content (AvgIpc) is 2.40. The maximum atomic E-state index is 12.5. The van der Waals surface area contributed by atoms with E-state index in [1.165, 1.54) is 0 Å². The van der Waals surface area contributed by atoms with Crippen molar-refractivity contribution in [2.45, 2.75) is 26.3 Å². The highest BCUT2D eigenvalue weighted by molar-refractivity contribution is 14.1. The van der Waals surface area contributed by atoms with E-state index < -0.39 is 0 Å². The number of amides is 2. The first-order valence-electron chi connectivity index (χ1n) is 6.39. The van der Waals surface area contributed by atoms with Crippen LogP contribution in [0.4, 0.5) is 0 Å². The van der Waals surface area contributed by atoms with E-state index >= 15 is 0 Å². The highest BCUT2D eigenvalue weighted by Gasteiger charge is 2.32. The summed E-state index contributed by atoms with van der Waals surface area (Å²) in [5, 5.41) is 2.81. The zero-order valence-electron chi connectivity index (χ0n) is 11.1. The molecule has 0 spiro atoms. The molecule has 1 aliphatic heterocycles. The number of nitrogens with one attached hydrogen (secondary N) is 1. The molecule has 2 rings (SSSR count). The molecule has 4 nitrogen and oxygen atoms in total. The minimum Gasteiger partial charge on any atom is -0.353 e. The van der Waals surface area contributed by atoms with Crippen LogP contribution in [0.1, 0.15) is 29.3 Å². The largest absolute Gasteiger partial charge is 0.353 e. The van der Waals surface area contributed by atoms with E-state index in [2.05, 4.69) is 27.9 Å². The van der Waals surface area contributed by atoms with Crippen LogP contribution in [-0.2, 0) is 4.79 Å². The molecule has 0 bridgehead atoms. The predicted octanol–water partition coefficient (Wildman–Crippen LogP) is 1.95. The van der Waals surface area contributed by atoms with Gasteiger partial charge in [-0.05, 0) is 53.6 Å². The number of piperazine rings is 1. The Kier molecular flexibility index (Phi) is 4.44. The molecular formula is C14H17IN2O2. The van der Waals surface area contributed by atoms with Crippen molar-refractivity contribution in [3.05, 3.63) is 32.9 Å². The van der Waals surface area contributed by atoms with E-state index in [0.29, 0.717) is 25.1 Å². The molecule has 5 heteroatoms. The van der Waals surface area contributed by atoms with Crippen molar-refractivity contribution in [3.63, 3.8) is 0 Å². The topological polar surface area (TPSA) is 49.4 Å². The second kappa shape index (κ2) is 5.90. The molecule has 1 unspecified atom stereocenters. The van der Waals surface area contributed by atoms with Crippen LogP contribution < -0.4 is 5.32 Å². The number of hydrogen-bond donors (Lipinski definition) is 1. The van der Waals surface area contributed by atoms with Gasteiger partial charge in [-0.2, -0.15) is 0 Å². The van der Waals surface area contributed by atoms with Crippen molar-refractivity contribution in [3.8, 4) is 0 Å². The fraction of sp³-hybridized carbons (Fsp3) is 0.429. The van der Waals surface area contributed by atoms with Gasteiger partial charge >= 0.3 is 0 Å². The summed E-state index contributed by atoms with van der Waals surface area (Å²) in [7, 11) is 0. The number of halogens is 1. The first kappa shape index (κ1) is 14.3. The highest BCUT2D eigenvalue weighted by atomic mass is 127. The molecule has 1 aliphatic rings.